The van der Waals surface area contributed by atoms with Crippen molar-refractivity contribution in [3.63, 3.8) is 0 Å². The second-order valence-corrected chi connectivity index (χ2v) is 16.3. The number of nitrogens with one attached hydrogen (secondary N) is 1. The molecule has 2 heterocycles. The van der Waals surface area contributed by atoms with Gasteiger partial charge in [0.15, 0.2) is 0 Å². The minimum atomic E-state index is -3.98. The lowest BCUT2D eigenvalue weighted by atomic mass is 9.67. The number of aryl methyl sites for hydroxylation is 1. The Kier molecular flexibility index (Phi) is 8.76. The Bertz CT molecular complexity index is 1630. The van der Waals surface area contributed by atoms with E-state index in [0.29, 0.717) is 41.0 Å². The largest absolute Gasteiger partial charge is 0.490 e. The zero-order valence-electron chi connectivity index (χ0n) is 26.7. The molecular weight excluding hydrogens is 615 g/mol. The van der Waals surface area contributed by atoms with Crippen LogP contribution in [0.1, 0.15) is 74.9 Å². The molecule has 1 spiro atoms. The van der Waals surface area contributed by atoms with Crippen molar-refractivity contribution >= 4 is 33.2 Å². The fourth-order valence-electron chi connectivity index (χ4n) is 8.22. The maximum absolute atomic E-state index is 15.8. The Morgan fingerprint density at radius 3 is 2.64 bits per heavy atom. The highest BCUT2D eigenvalue weighted by atomic mass is 35.5. The van der Waals surface area contributed by atoms with Crippen molar-refractivity contribution in [2.75, 3.05) is 31.7 Å². The predicted octanol–water partition coefficient (Wildman–Crippen LogP) is 6.67. The molecular formula is C35H44ClFN2O5S. The minimum Gasteiger partial charge on any atom is -0.490 e. The van der Waals surface area contributed by atoms with Gasteiger partial charge in [0.05, 0.1) is 29.1 Å². The average Bonchev–Trinajstić information content (AvgIpc) is 3.12. The van der Waals surface area contributed by atoms with Gasteiger partial charge in [-0.15, -0.1) is 0 Å². The third kappa shape index (κ3) is 5.89. The van der Waals surface area contributed by atoms with Gasteiger partial charge >= 0.3 is 0 Å². The van der Waals surface area contributed by atoms with Crippen LogP contribution >= 0.6 is 11.6 Å². The molecule has 45 heavy (non-hydrogen) atoms. The van der Waals surface area contributed by atoms with E-state index in [4.69, 9.17) is 21.1 Å². The molecule has 6 rings (SSSR count). The summed E-state index contributed by atoms with van der Waals surface area (Å²) in [6.07, 6.45) is 6.46. The second-order valence-electron chi connectivity index (χ2n) is 13.9. The Morgan fingerprint density at radius 1 is 1.16 bits per heavy atom. The first kappa shape index (κ1) is 32.3. The number of benzene rings is 2. The molecule has 2 aliphatic carbocycles. The summed E-state index contributed by atoms with van der Waals surface area (Å²) in [5, 5.41) is -0.415. The highest BCUT2D eigenvalue weighted by molar-refractivity contribution is 7.90. The third-order valence-electron chi connectivity index (χ3n) is 11.2. The van der Waals surface area contributed by atoms with Crippen molar-refractivity contribution in [1.29, 1.82) is 0 Å². The molecule has 7 atom stereocenters. The van der Waals surface area contributed by atoms with E-state index in [1.807, 2.05) is 19.9 Å². The number of hydrogen-bond acceptors (Lipinski definition) is 6. The number of carbonyl (C=O) groups is 1. The zero-order valence-corrected chi connectivity index (χ0v) is 28.3. The number of ether oxygens (including phenoxy) is 2. The highest BCUT2D eigenvalue weighted by Gasteiger charge is 2.46. The lowest BCUT2D eigenvalue weighted by Gasteiger charge is -2.46. The molecule has 1 amide bonds. The molecule has 1 saturated carbocycles. The van der Waals surface area contributed by atoms with E-state index >= 15 is 4.39 Å². The maximum atomic E-state index is 15.8. The van der Waals surface area contributed by atoms with E-state index in [9.17, 15) is 13.2 Å². The number of anilines is 1. The fraction of sp³-hybridized carbons (Fsp3) is 0.571. The molecule has 0 radical (unpaired) electrons. The molecule has 10 heteroatoms. The lowest BCUT2D eigenvalue weighted by molar-refractivity contribution is 0.00591. The Hall–Kier alpha value is -2.62. The van der Waals surface area contributed by atoms with Gasteiger partial charge in [-0.2, -0.15) is 0 Å². The summed E-state index contributed by atoms with van der Waals surface area (Å²) >= 11 is 6.29. The summed E-state index contributed by atoms with van der Waals surface area (Å²) in [6, 6.07) is 8.35. The van der Waals surface area contributed by atoms with Crippen molar-refractivity contribution in [1.82, 2.24) is 4.72 Å². The highest BCUT2D eigenvalue weighted by Crippen LogP contribution is 2.48. The topological polar surface area (TPSA) is 84.9 Å². The molecule has 1 unspecified atom stereocenters. The number of hydrogen-bond donors (Lipinski definition) is 1. The van der Waals surface area contributed by atoms with Gasteiger partial charge < -0.3 is 14.4 Å². The number of allylic oxidation sites excluding steroid dienone is 1. The van der Waals surface area contributed by atoms with Crippen molar-refractivity contribution in [3.05, 3.63) is 69.5 Å². The zero-order chi connectivity index (χ0) is 32.3. The first-order valence-corrected chi connectivity index (χ1v) is 18.0. The number of methoxy groups -OCH3 is 1. The van der Waals surface area contributed by atoms with E-state index < -0.39 is 26.6 Å². The van der Waals surface area contributed by atoms with E-state index in [1.165, 1.54) is 6.07 Å². The van der Waals surface area contributed by atoms with Crippen LogP contribution in [0.3, 0.4) is 0 Å². The summed E-state index contributed by atoms with van der Waals surface area (Å²) in [6.45, 7) is 9.11. The van der Waals surface area contributed by atoms with Crippen molar-refractivity contribution < 1.29 is 27.1 Å². The second kappa shape index (κ2) is 12.2. The number of nitrogens with zero attached hydrogens (tertiary/aromatic N) is 1. The molecule has 1 fully saturated rings. The van der Waals surface area contributed by atoms with Crippen LogP contribution in [0.5, 0.6) is 5.75 Å². The normalized spacial score (nSPS) is 34.2. The minimum absolute atomic E-state index is 0.0565. The van der Waals surface area contributed by atoms with Crippen molar-refractivity contribution in [2.45, 2.75) is 76.6 Å². The number of fused-ring (bicyclic) bond motifs is 4. The third-order valence-corrected chi connectivity index (χ3v) is 13.3. The molecule has 0 saturated heterocycles. The van der Waals surface area contributed by atoms with Crippen LogP contribution in [0.4, 0.5) is 10.1 Å². The number of halogens is 2. The molecule has 244 valence electrons. The molecule has 4 aliphatic rings. The first-order valence-electron chi connectivity index (χ1n) is 16.1. The van der Waals surface area contributed by atoms with Crippen LogP contribution in [0, 0.1) is 29.5 Å². The summed E-state index contributed by atoms with van der Waals surface area (Å²) in [5.74, 6) is -0.117. The molecule has 2 aliphatic heterocycles. The quantitative estimate of drug-likeness (QED) is 0.345. The molecule has 7 nitrogen and oxygen atoms in total. The van der Waals surface area contributed by atoms with Crippen LogP contribution in [0.25, 0.3) is 0 Å². The number of carbonyl (C=O) groups excluding carboxylic acids is 1. The van der Waals surface area contributed by atoms with Gasteiger partial charge in [0.2, 0.25) is 10.0 Å². The number of rotatable bonds is 1. The van der Waals surface area contributed by atoms with Crippen LogP contribution in [0.2, 0.25) is 5.02 Å². The van der Waals surface area contributed by atoms with Gasteiger partial charge in [0.25, 0.3) is 5.91 Å². The van der Waals surface area contributed by atoms with Gasteiger partial charge in [-0.3, -0.25) is 4.79 Å². The smallest absolute Gasteiger partial charge is 0.264 e. The summed E-state index contributed by atoms with van der Waals surface area (Å²) < 4.78 is 57.6. The van der Waals surface area contributed by atoms with Gasteiger partial charge in [-0.25, -0.2) is 17.5 Å². The van der Waals surface area contributed by atoms with Crippen molar-refractivity contribution in [2.24, 2.45) is 23.7 Å². The first-order chi connectivity index (χ1) is 21.3. The number of amides is 1. The number of sulfonamides is 1. The van der Waals surface area contributed by atoms with Gasteiger partial charge in [0.1, 0.15) is 11.6 Å². The van der Waals surface area contributed by atoms with Crippen molar-refractivity contribution in [3.8, 4) is 5.75 Å². The Morgan fingerprint density at radius 2 is 1.93 bits per heavy atom. The van der Waals surface area contributed by atoms with Gasteiger partial charge in [0, 0.05) is 36.3 Å². The summed E-state index contributed by atoms with van der Waals surface area (Å²) in [4.78, 5) is 15.7. The molecule has 2 aromatic rings. The summed E-state index contributed by atoms with van der Waals surface area (Å²) in [5.41, 5.74) is 3.00. The van der Waals surface area contributed by atoms with Crippen LogP contribution in [0.15, 0.2) is 42.0 Å². The molecule has 0 aromatic heterocycles. The van der Waals surface area contributed by atoms with Crippen LogP contribution in [-0.4, -0.2) is 52.5 Å². The molecule has 2 aromatic carbocycles. The Labute approximate surface area is 271 Å². The van der Waals surface area contributed by atoms with Gasteiger partial charge in [-0.1, -0.05) is 31.5 Å². The van der Waals surface area contributed by atoms with Crippen LogP contribution in [-0.2, 0) is 26.6 Å². The van der Waals surface area contributed by atoms with E-state index in [2.05, 4.69) is 22.6 Å². The lowest BCUT2D eigenvalue weighted by Crippen LogP contribution is -2.50. The predicted molar refractivity (Wildman–Crippen MR) is 175 cm³/mol. The van der Waals surface area contributed by atoms with E-state index in [-0.39, 0.29) is 41.8 Å². The maximum Gasteiger partial charge on any atom is 0.264 e. The van der Waals surface area contributed by atoms with Crippen LogP contribution < -0.4 is 14.4 Å². The Balaban J connectivity index is 1.47. The monoisotopic (exact) mass is 658 g/mol. The van der Waals surface area contributed by atoms with E-state index in [0.717, 1.165) is 43.2 Å². The SMILES string of the molecule is CO[C@H]1/C(C)=C/C(C)[C@H](C)[C@@H](C)S(=O)(=O)NC(=O)c2ccc3c(c2)N(C[C@@H]2CC[C@H]21)C[C@@]1(CCCc2cc(Cl)cc(F)c21)CO3. The molecule has 2 bridgehead atoms. The summed E-state index contributed by atoms with van der Waals surface area (Å²) in [7, 11) is -2.23. The van der Waals surface area contributed by atoms with E-state index in [1.54, 1.807) is 32.2 Å². The molecule has 1 N–H and O–H groups in total. The fourth-order valence-corrected chi connectivity index (χ4v) is 9.82. The van der Waals surface area contributed by atoms with Gasteiger partial charge in [-0.05, 0) is 111 Å². The standard InChI is InChI=1S/C35H44ClFN2O5S/c1-20-13-21(2)33(43-5)28-10-8-26(28)17-39-18-35(12-6-7-24-14-27(36)16-29(37)32(24)35)19-44-31-11-9-25(15-30(31)39)34(40)38-45(41,42)23(4)22(20)3/h9,11,13-16,20,22-23,26,28,33H,6-8,10,12,17-19H2,1-5H3,(H,38,40)/b21-13+/t20?,22-,23+,26-,28+,33-,35-/m0/s1. The average molecular weight is 659 g/mol.